The summed E-state index contributed by atoms with van der Waals surface area (Å²) in [4.78, 5) is 25.4. The van der Waals surface area contributed by atoms with Crippen LogP contribution in [0.2, 0.25) is 0 Å². The first-order chi connectivity index (χ1) is 9.45. The molecule has 0 bridgehead atoms. The fraction of sp³-hybridized carbons (Fsp3) is 0.857. The zero-order chi connectivity index (χ0) is 14.8. The Balaban J connectivity index is 1.94. The number of hydrogen-bond acceptors (Lipinski definition) is 3. The minimum atomic E-state index is -0.805. The van der Waals surface area contributed by atoms with E-state index in [0.29, 0.717) is 26.1 Å². The van der Waals surface area contributed by atoms with Gasteiger partial charge in [0, 0.05) is 19.7 Å². The van der Waals surface area contributed by atoms with Crippen molar-refractivity contribution < 1.29 is 19.4 Å². The lowest BCUT2D eigenvalue weighted by Crippen LogP contribution is -2.48. The van der Waals surface area contributed by atoms with Crippen LogP contribution < -0.4 is 5.32 Å². The quantitative estimate of drug-likeness (QED) is 0.819. The van der Waals surface area contributed by atoms with Crippen LogP contribution in [0.3, 0.4) is 0 Å². The first kappa shape index (κ1) is 15.1. The van der Waals surface area contributed by atoms with E-state index in [2.05, 4.69) is 5.32 Å². The van der Waals surface area contributed by atoms with Crippen LogP contribution in [0.1, 0.15) is 33.1 Å². The minimum Gasteiger partial charge on any atom is -0.481 e. The second-order valence-corrected chi connectivity index (χ2v) is 6.15. The topological polar surface area (TPSA) is 78.9 Å². The van der Waals surface area contributed by atoms with Gasteiger partial charge in [-0.3, -0.25) is 4.79 Å². The zero-order valence-corrected chi connectivity index (χ0v) is 12.2. The molecule has 2 saturated heterocycles. The number of nitrogens with zero attached hydrogens (tertiary/aromatic N) is 1. The molecule has 6 nitrogen and oxygen atoms in total. The normalized spacial score (nSPS) is 30.6. The lowest BCUT2D eigenvalue weighted by Gasteiger charge is -2.30. The van der Waals surface area contributed by atoms with Gasteiger partial charge in [0.25, 0.3) is 0 Å². The van der Waals surface area contributed by atoms with Gasteiger partial charge in [0.05, 0.1) is 18.1 Å². The molecular weight excluding hydrogens is 260 g/mol. The maximum absolute atomic E-state index is 12.2. The molecule has 0 saturated carbocycles. The number of amides is 2. The van der Waals surface area contributed by atoms with Crippen molar-refractivity contribution in [3.63, 3.8) is 0 Å². The molecule has 0 aliphatic carbocycles. The van der Waals surface area contributed by atoms with Gasteiger partial charge in [-0.2, -0.15) is 0 Å². The van der Waals surface area contributed by atoms with Gasteiger partial charge < -0.3 is 20.1 Å². The molecule has 2 heterocycles. The molecule has 2 aliphatic rings. The van der Waals surface area contributed by atoms with Gasteiger partial charge in [0.15, 0.2) is 0 Å². The molecule has 2 N–H and O–H groups in total. The van der Waals surface area contributed by atoms with Gasteiger partial charge in [0.2, 0.25) is 0 Å². The van der Waals surface area contributed by atoms with Crippen LogP contribution in [-0.2, 0) is 9.53 Å². The molecule has 2 atom stereocenters. The second kappa shape index (κ2) is 5.99. The van der Waals surface area contributed by atoms with Crippen molar-refractivity contribution in [2.24, 2.45) is 11.3 Å². The molecule has 2 unspecified atom stereocenters. The monoisotopic (exact) mass is 284 g/mol. The van der Waals surface area contributed by atoms with E-state index in [1.807, 2.05) is 13.8 Å². The third kappa shape index (κ3) is 2.90. The number of aliphatic carboxylic acids is 1. The maximum Gasteiger partial charge on any atom is 0.317 e. The molecule has 0 aromatic rings. The number of likely N-dealkylation sites (tertiary alicyclic amines) is 1. The largest absolute Gasteiger partial charge is 0.481 e. The van der Waals surface area contributed by atoms with Gasteiger partial charge in [-0.1, -0.05) is 13.8 Å². The molecule has 0 aromatic heterocycles. The number of ether oxygens (including phenoxy) is 1. The Labute approximate surface area is 119 Å². The van der Waals surface area contributed by atoms with Gasteiger partial charge in [-0.25, -0.2) is 4.79 Å². The molecule has 6 heteroatoms. The zero-order valence-electron chi connectivity index (χ0n) is 12.2. The van der Waals surface area contributed by atoms with Crippen molar-refractivity contribution in [1.82, 2.24) is 10.2 Å². The number of nitrogens with one attached hydrogen (secondary N) is 1. The van der Waals surface area contributed by atoms with Crippen molar-refractivity contribution >= 4 is 12.0 Å². The Kier molecular flexibility index (Phi) is 4.52. The van der Waals surface area contributed by atoms with Crippen molar-refractivity contribution in [1.29, 1.82) is 0 Å². The highest BCUT2D eigenvalue weighted by Crippen LogP contribution is 2.38. The highest BCUT2D eigenvalue weighted by atomic mass is 16.5. The van der Waals surface area contributed by atoms with Gasteiger partial charge >= 0.3 is 12.0 Å². The third-order valence-corrected chi connectivity index (χ3v) is 4.61. The van der Waals surface area contributed by atoms with E-state index >= 15 is 0 Å². The van der Waals surface area contributed by atoms with Crippen molar-refractivity contribution in [2.45, 2.75) is 39.2 Å². The van der Waals surface area contributed by atoms with Crippen LogP contribution in [0.25, 0.3) is 0 Å². The molecule has 2 rings (SSSR count). The molecule has 0 radical (unpaired) electrons. The average molecular weight is 284 g/mol. The molecule has 0 aromatic carbocycles. The molecular formula is C14H24N2O4. The number of carboxylic acid groups (broad SMARTS) is 1. The summed E-state index contributed by atoms with van der Waals surface area (Å²) in [6.45, 7) is 5.91. The number of carbonyl (C=O) groups is 2. The predicted octanol–water partition coefficient (Wildman–Crippen LogP) is 1.31. The first-order valence-corrected chi connectivity index (χ1v) is 7.32. The van der Waals surface area contributed by atoms with Gasteiger partial charge in [-0.15, -0.1) is 0 Å². The van der Waals surface area contributed by atoms with E-state index < -0.39 is 11.4 Å². The SMILES string of the molecule is CC(C)C1(C(=O)O)CCN(C(=O)NC2CCCOC2)C1. The Hall–Kier alpha value is -1.30. The van der Waals surface area contributed by atoms with E-state index in [1.165, 1.54) is 0 Å². The van der Waals surface area contributed by atoms with E-state index in [4.69, 9.17) is 4.74 Å². The van der Waals surface area contributed by atoms with Crippen LogP contribution in [0.5, 0.6) is 0 Å². The summed E-state index contributed by atoms with van der Waals surface area (Å²) in [5.74, 6) is -0.792. The Bertz CT molecular complexity index is 379. The molecule has 2 amide bonds. The van der Waals surface area contributed by atoms with Crippen molar-refractivity contribution in [2.75, 3.05) is 26.3 Å². The van der Waals surface area contributed by atoms with E-state index in [-0.39, 0.29) is 18.0 Å². The standard InChI is InChI=1S/C14H24N2O4/c1-10(2)14(12(17)18)5-6-16(9-14)13(19)15-11-4-3-7-20-8-11/h10-11H,3-9H2,1-2H3,(H,15,19)(H,17,18). The molecule has 114 valence electrons. The smallest absolute Gasteiger partial charge is 0.317 e. The number of hydrogen-bond donors (Lipinski definition) is 2. The average Bonchev–Trinajstić information content (AvgIpc) is 2.86. The summed E-state index contributed by atoms with van der Waals surface area (Å²) in [6, 6.07) is -0.112. The summed E-state index contributed by atoms with van der Waals surface area (Å²) < 4.78 is 5.34. The third-order valence-electron chi connectivity index (χ3n) is 4.61. The lowest BCUT2D eigenvalue weighted by atomic mass is 9.76. The number of rotatable bonds is 3. The Morgan fingerprint density at radius 2 is 2.20 bits per heavy atom. The fourth-order valence-corrected chi connectivity index (χ4v) is 3.02. The molecule has 2 fully saturated rings. The summed E-state index contributed by atoms with van der Waals surface area (Å²) in [5, 5.41) is 12.4. The highest BCUT2D eigenvalue weighted by molar-refractivity contribution is 5.80. The highest BCUT2D eigenvalue weighted by Gasteiger charge is 2.48. The van der Waals surface area contributed by atoms with E-state index in [9.17, 15) is 14.7 Å². The fourth-order valence-electron chi connectivity index (χ4n) is 3.02. The van der Waals surface area contributed by atoms with Crippen molar-refractivity contribution in [3.8, 4) is 0 Å². The van der Waals surface area contributed by atoms with Gasteiger partial charge in [0.1, 0.15) is 0 Å². The predicted molar refractivity (Wildman–Crippen MR) is 73.5 cm³/mol. The lowest BCUT2D eigenvalue weighted by molar-refractivity contribution is -0.150. The first-order valence-electron chi connectivity index (χ1n) is 7.32. The van der Waals surface area contributed by atoms with Crippen LogP contribution >= 0.6 is 0 Å². The van der Waals surface area contributed by atoms with Crippen LogP contribution in [0.15, 0.2) is 0 Å². The second-order valence-electron chi connectivity index (χ2n) is 6.15. The number of carbonyl (C=O) groups excluding carboxylic acids is 1. The summed E-state index contributed by atoms with van der Waals surface area (Å²) in [5.41, 5.74) is -0.805. The maximum atomic E-state index is 12.2. The summed E-state index contributed by atoms with van der Waals surface area (Å²) >= 11 is 0. The van der Waals surface area contributed by atoms with E-state index in [0.717, 1.165) is 19.4 Å². The molecule has 20 heavy (non-hydrogen) atoms. The van der Waals surface area contributed by atoms with Crippen LogP contribution in [0, 0.1) is 11.3 Å². The molecule has 0 spiro atoms. The van der Waals surface area contributed by atoms with Crippen LogP contribution in [0.4, 0.5) is 4.79 Å². The van der Waals surface area contributed by atoms with E-state index in [1.54, 1.807) is 4.90 Å². The Morgan fingerprint density at radius 1 is 1.45 bits per heavy atom. The van der Waals surface area contributed by atoms with Gasteiger partial charge in [-0.05, 0) is 25.2 Å². The summed E-state index contributed by atoms with van der Waals surface area (Å²) in [6.07, 6.45) is 2.40. The number of carboxylic acids is 1. The Morgan fingerprint density at radius 3 is 2.70 bits per heavy atom. The van der Waals surface area contributed by atoms with Crippen LogP contribution in [-0.4, -0.2) is 54.4 Å². The minimum absolute atomic E-state index is 0.0100. The van der Waals surface area contributed by atoms with Crippen molar-refractivity contribution in [3.05, 3.63) is 0 Å². The number of urea groups is 1. The molecule has 2 aliphatic heterocycles. The summed E-state index contributed by atoms with van der Waals surface area (Å²) in [7, 11) is 0.